The lowest BCUT2D eigenvalue weighted by Gasteiger charge is -2.10. The van der Waals surface area contributed by atoms with Crippen LogP contribution in [0.4, 0.5) is 5.69 Å². The van der Waals surface area contributed by atoms with Gasteiger partial charge in [-0.25, -0.2) is 0 Å². The van der Waals surface area contributed by atoms with E-state index in [1.807, 2.05) is 24.3 Å². The maximum atomic E-state index is 10.9. The highest BCUT2D eigenvalue weighted by Crippen LogP contribution is 2.25. The van der Waals surface area contributed by atoms with Gasteiger partial charge in [0.1, 0.15) is 0 Å². The zero-order valence-electron chi connectivity index (χ0n) is 12.6. The molecule has 0 fully saturated rings. The molecule has 21 heavy (non-hydrogen) atoms. The summed E-state index contributed by atoms with van der Waals surface area (Å²) in [7, 11) is 0. The summed E-state index contributed by atoms with van der Waals surface area (Å²) in [6.45, 7) is 7.64. The summed E-state index contributed by atoms with van der Waals surface area (Å²) < 4.78 is 5.25. The van der Waals surface area contributed by atoms with Gasteiger partial charge in [0.25, 0.3) is 0 Å². The first-order valence-corrected chi connectivity index (χ1v) is 7.66. The Hall–Kier alpha value is -1.82. The maximum absolute atomic E-state index is 10.9. The zero-order chi connectivity index (χ0) is 15.5. The quantitative estimate of drug-likeness (QED) is 0.874. The minimum Gasteiger partial charge on any atom is -0.338 e. The number of nitrogens with zero attached hydrogens (tertiary/aromatic N) is 2. The molecule has 1 N–H and O–H groups in total. The second-order valence-corrected chi connectivity index (χ2v) is 6.80. The van der Waals surface area contributed by atoms with Crippen LogP contribution in [0.5, 0.6) is 0 Å². The molecule has 2 rings (SSSR count). The fourth-order valence-corrected chi connectivity index (χ4v) is 2.34. The Labute approximate surface area is 128 Å². The molecule has 2 aromatic rings. The minimum atomic E-state index is -0.105. The molecule has 0 unspecified atom stereocenters. The second kappa shape index (κ2) is 6.30. The molecule has 6 heteroatoms. The van der Waals surface area contributed by atoms with E-state index in [0.29, 0.717) is 11.6 Å². The first kappa shape index (κ1) is 15.6. The van der Waals surface area contributed by atoms with Crippen molar-refractivity contribution in [3.63, 3.8) is 0 Å². The number of carbonyl (C=O) groups excluding carboxylic acids is 1. The average molecular weight is 305 g/mol. The molecule has 0 radical (unpaired) electrons. The summed E-state index contributed by atoms with van der Waals surface area (Å²) in [4.78, 5) is 16.4. The van der Waals surface area contributed by atoms with Crippen molar-refractivity contribution in [1.82, 2.24) is 10.1 Å². The van der Waals surface area contributed by atoms with Crippen molar-refractivity contribution in [2.45, 2.75) is 43.8 Å². The van der Waals surface area contributed by atoms with Gasteiger partial charge in [-0.1, -0.05) is 25.9 Å². The van der Waals surface area contributed by atoms with Crippen LogP contribution in [0.2, 0.25) is 0 Å². The number of hydrogen-bond acceptors (Lipinski definition) is 5. The Kier molecular flexibility index (Phi) is 4.67. The summed E-state index contributed by atoms with van der Waals surface area (Å²) in [5, 5.41) is 6.74. The van der Waals surface area contributed by atoms with Crippen LogP contribution in [0.25, 0.3) is 0 Å². The monoisotopic (exact) mass is 305 g/mol. The number of hydrogen-bond donors (Lipinski definition) is 1. The van der Waals surface area contributed by atoms with Gasteiger partial charge in [0.05, 0.1) is 5.75 Å². The summed E-state index contributed by atoms with van der Waals surface area (Å²) >= 11 is 1.62. The third-order valence-electron chi connectivity index (χ3n) is 2.68. The van der Waals surface area contributed by atoms with E-state index >= 15 is 0 Å². The van der Waals surface area contributed by atoms with Crippen LogP contribution in [0.1, 0.15) is 39.4 Å². The largest absolute Gasteiger partial charge is 0.338 e. The van der Waals surface area contributed by atoms with E-state index < -0.39 is 0 Å². The summed E-state index contributed by atoms with van der Waals surface area (Å²) in [6, 6.07) is 7.66. The van der Waals surface area contributed by atoms with Crippen LogP contribution in [0, 0.1) is 0 Å². The van der Waals surface area contributed by atoms with Gasteiger partial charge in [0, 0.05) is 22.9 Å². The lowest BCUT2D eigenvalue weighted by atomic mass is 9.96. The van der Waals surface area contributed by atoms with Crippen molar-refractivity contribution in [3.8, 4) is 0 Å². The Morgan fingerprint density at radius 3 is 2.48 bits per heavy atom. The Morgan fingerprint density at radius 2 is 1.95 bits per heavy atom. The normalized spacial score (nSPS) is 11.4. The van der Waals surface area contributed by atoms with E-state index in [1.54, 1.807) is 11.8 Å². The topological polar surface area (TPSA) is 68.0 Å². The van der Waals surface area contributed by atoms with Crippen LogP contribution < -0.4 is 5.32 Å². The molecule has 1 aromatic carbocycles. The molecule has 0 bridgehead atoms. The fourth-order valence-electron chi connectivity index (χ4n) is 1.60. The maximum Gasteiger partial charge on any atom is 0.237 e. The predicted molar refractivity (Wildman–Crippen MR) is 83.3 cm³/mol. The van der Waals surface area contributed by atoms with Crippen molar-refractivity contribution >= 4 is 23.4 Å². The summed E-state index contributed by atoms with van der Waals surface area (Å²) in [5.74, 6) is 1.90. The SMILES string of the molecule is CC(=O)Nc1ccc(SCc2nc(C(C)(C)C)no2)cc1. The predicted octanol–water partition coefficient (Wildman–Crippen LogP) is 3.62. The number of amides is 1. The second-order valence-electron chi connectivity index (χ2n) is 5.76. The molecule has 0 spiro atoms. The van der Waals surface area contributed by atoms with Crippen molar-refractivity contribution in [1.29, 1.82) is 0 Å². The van der Waals surface area contributed by atoms with E-state index in [1.165, 1.54) is 6.92 Å². The molecule has 1 aromatic heterocycles. The molecule has 0 saturated heterocycles. The zero-order valence-corrected chi connectivity index (χ0v) is 13.5. The number of nitrogens with one attached hydrogen (secondary N) is 1. The lowest BCUT2D eigenvalue weighted by molar-refractivity contribution is -0.114. The van der Waals surface area contributed by atoms with Crippen LogP contribution in [0.15, 0.2) is 33.7 Å². The third-order valence-corrected chi connectivity index (χ3v) is 3.67. The number of aromatic nitrogens is 2. The molecule has 1 amide bonds. The summed E-state index contributed by atoms with van der Waals surface area (Å²) in [5.41, 5.74) is 0.687. The molecule has 0 aliphatic carbocycles. The molecular formula is C15H19N3O2S. The van der Waals surface area contributed by atoms with Crippen molar-refractivity contribution in [2.75, 3.05) is 5.32 Å². The molecule has 0 saturated carbocycles. The Morgan fingerprint density at radius 1 is 1.29 bits per heavy atom. The van der Waals surface area contributed by atoms with Crippen LogP contribution in [-0.2, 0) is 16.0 Å². The molecular weight excluding hydrogens is 286 g/mol. The van der Waals surface area contributed by atoms with Crippen molar-refractivity contribution in [3.05, 3.63) is 36.0 Å². The number of benzene rings is 1. The van der Waals surface area contributed by atoms with Gasteiger partial charge in [-0.3, -0.25) is 4.79 Å². The molecule has 5 nitrogen and oxygen atoms in total. The van der Waals surface area contributed by atoms with E-state index in [2.05, 4.69) is 36.2 Å². The fraction of sp³-hybridized carbons (Fsp3) is 0.400. The first-order chi connectivity index (χ1) is 9.84. The molecule has 1 heterocycles. The van der Waals surface area contributed by atoms with E-state index in [4.69, 9.17) is 4.52 Å². The van der Waals surface area contributed by atoms with Gasteiger partial charge in [-0.15, -0.1) is 11.8 Å². The minimum absolute atomic E-state index is 0.0732. The molecule has 0 atom stereocenters. The lowest BCUT2D eigenvalue weighted by Crippen LogP contribution is -2.13. The Balaban J connectivity index is 1.94. The smallest absolute Gasteiger partial charge is 0.237 e. The van der Waals surface area contributed by atoms with Gasteiger partial charge in [-0.2, -0.15) is 4.98 Å². The van der Waals surface area contributed by atoms with Gasteiger partial charge in [0.15, 0.2) is 5.82 Å². The number of thioether (sulfide) groups is 1. The first-order valence-electron chi connectivity index (χ1n) is 6.68. The highest BCUT2D eigenvalue weighted by Gasteiger charge is 2.20. The number of rotatable bonds is 4. The third kappa shape index (κ3) is 4.60. The van der Waals surface area contributed by atoms with Gasteiger partial charge in [-0.05, 0) is 24.3 Å². The van der Waals surface area contributed by atoms with Crippen molar-refractivity contribution in [2.24, 2.45) is 0 Å². The van der Waals surface area contributed by atoms with Crippen LogP contribution >= 0.6 is 11.8 Å². The van der Waals surface area contributed by atoms with Crippen molar-refractivity contribution < 1.29 is 9.32 Å². The molecule has 112 valence electrons. The summed E-state index contributed by atoms with van der Waals surface area (Å²) in [6.07, 6.45) is 0. The number of anilines is 1. The molecule has 0 aliphatic rings. The van der Waals surface area contributed by atoms with Gasteiger partial charge in [0.2, 0.25) is 11.8 Å². The van der Waals surface area contributed by atoms with Gasteiger partial charge < -0.3 is 9.84 Å². The van der Waals surface area contributed by atoms with E-state index in [9.17, 15) is 4.79 Å². The number of carbonyl (C=O) groups is 1. The van der Waals surface area contributed by atoms with Crippen LogP contribution in [-0.4, -0.2) is 16.0 Å². The highest BCUT2D eigenvalue weighted by molar-refractivity contribution is 7.98. The van der Waals surface area contributed by atoms with Gasteiger partial charge >= 0.3 is 0 Å². The Bertz CT molecular complexity index is 615. The highest BCUT2D eigenvalue weighted by atomic mass is 32.2. The van der Waals surface area contributed by atoms with Crippen LogP contribution in [0.3, 0.4) is 0 Å². The molecule has 0 aliphatic heterocycles. The standard InChI is InChI=1S/C15H19N3O2S/c1-10(19)16-11-5-7-12(8-6-11)21-9-13-17-14(18-20-13)15(2,3)4/h5-8H,9H2,1-4H3,(H,16,19). The average Bonchev–Trinajstić information content (AvgIpc) is 2.86. The van der Waals surface area contributed by atoms with E-state index in [-0.39, 0.29) is 11.3 Å². The van der Waals surface area contributed by atoms with E-state index in [0.717, 1.165) is 16.4 Å².